The van der Waals surface area contributed by atoms with Crippen molar-refractivity contribution in [3.05, 3.63) is 29.8 Å². The van der Waals surface area contributed by atoms with Gasteiger partial charge < -0.3 is 10.6 Å². The number of hydrogen-bond acceptors (Lipinski definition) is 4. The van der Waals surface area contributed by atoms with Gasteiger partial charge in [-0.1, -0.05) is 19.1 Å². The molecule has 104 valence electrons. The molecule has 1 heterocycles. The Kier molecular flexibility index (Phi) is 3.91. The number of likely N-dealkylation sites (tertiary alicyclic amines) is 1. The maximum Gasteiger partial charge on any atom is 0.255 e. The van der Waals surface area contributed by atoms with E-state index in [0.29, 0.717) is 13.1 Å². The van der Waals surface area contributed by atoms with Gasteiger partial charge in [-0.3, -0.25) is 4.79 Å². The largest absolute Gasteiger partial charge is 0.337 e. The molecule has 2 N–H and O–H groups in total. The highest BCUT2D eigenvalue weighted by Gasteiger charge is 2.28. The molecule has 1 aliphatic rings. The Morgan fingerprint density at radius 2 is 2.11 bits per heavy atom. The minimum absolute atomic E-state index is 0.0149. The van der Waals surface area contributed by atoms with E-state index in [2.05, 4.69) is 0 Å². The highest BCUT2D eigenvalue weighted by molar-refractivity contribution is 7.91. The summed E-state index contributed by atoms with van der Waals surface area (Å²) in [6.07, 6.45) is 0.758. The van der Waals surface area contributed by atoms with E-state index in [9.17, 15) is 13.2 Å². The summed E-state index contributed by atoms with van der Waals surface area (Å²) in [5.41, 5.74) is 6.03. The Balaban J connectivity index is 2.38. The first kappa shape index (κ1) is 14.0. The molecule has 6 heteroatoms. The van der Waals surface area contributed by atoms with Gasteiger partial charge in [-0.25, -0.2) is 8.42 Å². The predicted octanol–water partition coefficient (Wildman–Crippen LogP) is 0.653. The standard InChI is InChI=1S/C13H18N2O3S/c1-2-19(17,18)12-6-4-3-5-11(12)13(16)15-8-7-10(14)9-15/h3-6,10H,2,7-9,14H2,1H3/t10-/m1/s1. The molecule has 1 fully saturated rings. The molecule has 0 radical (unpaired) electrons. The second-order valence-corrected chi connectivity index (χ2v) is 6.95. The quantitative estimate of drug-likeness (QED) is 0.883. The molecule has 5 nitrogen and oxygen atoms in total. The van der Waals surface area contributed by atoms with E-state index in [0.717, 1.165) is 6.42 Å². The third-order valence-electron chi connectivity index (χ3n) is 3.34. The van der Waals surface area contributed by atoms with E-state index in [1.54, 1.807) is 30.0 Å². The molecule has 0 unspecified atom stereocenters. The van der Waals surface area contributed by atoms with Crippen LogP contribution in [0.15, 0.2) is 29.2 Å². The fraction of sp³-hybridized carbons (Fsp3) is 0.462. The van der Waals surface area contributed by atoms with Crippen LogP contribution < -0.4 is 5.73 Å². The number of sulfone groups is 1. The minimum Gasteiger partial charge on any atom is -0.337 e. The summed E-state index contributed by atoms with van der Waals surface area (Å²) >= 11 is 0. The monoisotopic (exact) mass is 282 g/mol. The third kappa shape index (κ3) is 2.79. The van der Waals surface area contributed by atoms with Crippen molar-refractivity contribution in [2.24, 2.45) is 5.73 Å². The summed E-state index contributed by atoms with van der Waals surface area (Å²) in [6.45, 7) is 2.64. The molecule has 1 amide bonds. The zero-order valence-corrected chi connectivity index (χ0v) is 11.7. The van der Waals surface area contributed by atoms with Gasteiger partial charge in [-0.2, -0.15) is 0 Å². The highest BCUT2D eigenvalue weighted by Crippen LogP contribution is 2.20. The summed E-state index contributed by atoms with van der Waals surface area (Å²) < 4.78 is 24.0. The first-order chi connectivity index (χ1) is 8.95. The Morgan fingerprint density at radius 3 is 2.68 bits per heavy atom. The molecule has 0 aromatic heterocycles. The summed E-state index contributed by atoms with van der Waals surface area (Å²) in [7, 11) is -3.40. The van der Waals surface area contributed by atoms with Crippen molar-refractivity contribution in [1.29, 1.82) is 0 Å². The Labute approximate surface area is 113 Å². The van der Waals surface area contributed by atoms with Crippen LogP contribution in [0.25, 0.3) is 0 Å². The van der Waals surface area contributed by atoms with Gasteiger partial charge >= 0.3 is 0 Å². The lowest BCUT2D eigenvalue weighted by atomic mass is 10.2. The molecule has 1 atom stereocenters. The lowest BCUT2D eigenvalue weighted by molar-refractivity contribution is 0.0787. The number of nitrogens with zero attached hydrogens (tertiary/aromatic N) is 1. The fourth-order valence-corrected chi connectivity index (χ4v) is 3.30. The van der Waals surface area contributed by atoms with Crippen LogP contribution in [0.3, 0.4) is 0 Å². The van der Waals surface area contributed by atoms with Gasteiger partial charge in [-0.05, 0) is 18.6 Å². The molecule has 0 bridgehead atoms. The first-order valence-corrected chi connectivity index (χ1v) is 7.97. The van der Waals surface area contributed by atoms with Crippen LogP contribution in [-0.2, 0) is 9.84 Å². The number of nitrogens with two attached hydrogens (primary N) is 1. The summed E-state index contributed by atoms with van der Waals surface area (Å²) in [5.74, 6) is -0.267. The predicted molar refractivity (Wildman–Crippen MR) is 72.7 cm³/mol. The SMILES string of the molecule is CCS(=O)(=O)c1ccccc1C(=O)N1CC[C@@H](N)C1. The van der Waals surface area contributed by atoms with Crippen LogP contribution in [-0.4, -0.2) is 44.1 Å². The number of hydrogen-bond donors (Lipinski definition) is 1. The molecule has 0 spiro atoms. The second-order valence-electron chi connectivity index (χ2n) is 4.70. The number of amides is 1. The molecule has 1 saturated heterocycles. The lowest BCUT2D eigenvalue weighted by Crippen LogP contribution is -2.32. The van der Waals surface area contributed by atoms with Crippen LogP contribution >= 0.6 is 0 Å². The zero-order valence-electron chi connectivity index (χ0n) is 10.9. The van der Waals surface area contributed by atoms with Gasteiger partial charge in [-0.15, -0.1) is 0 Å². The van der Waals surface area contributed by atoms with E-state index >= 15 is 0 Å². The van der Waals surface area contributed by atoms with Crippen molar-refractivity contribution in [3.8, 4) is 0 Å². The normalized spacial score (nSPS) is 19.7. The number of rotatable bonds is 3. The Hall–Kier alpha value is -1.40. The molecule has 1 aliphatic heterocycles. The molecule has 2 rings (SSSR count). The van der Waals surface area contributed by atoms with Gasteiger partial charge in [0.2, 0.25) is 0 Å². The van der Waals surface area contributed by atoms with Crippen molar-refractivity contribution < 1.29 is 13.2 Å². The van der Waals surface area contributed by atoms with E-state index in [-0.39, 0.29) is 28.2 Å². The van der Waals surface area contributed by atoms with Gasteiger partial charge in [0.15, 0.2) is 9.84 Å². The van der Waals surface area contributed by atoms with E-state index in [4.69, 9.17) is 5.73 Å². The Bertz CT molecular complexity index is 583. The average Bonchev–Trinajstić information content (AvgIpc) is 2.84. The van der Waals surface area contributed by atoms with Crippen LogP contribution in [0.4, 0.5) is 0 Å². The lowest BCUT2D eigenvalue weighted by Gasteiger charge is -2.17. The van der Waals surface area contributed by atoms with Crippen molar-refractivity contribution in [1.82, 2.24) is 4.90 Å². The maximum atomic E-state index is 12.4. The van der Waals surface area contributed by atoms with Crippen molar-refractivity contribution in [2.45, 2.75) is 24.3 Å². The number of carbonyl (C=O) groups excluding carboxylic acids is 1. The summed E-state index contributed by atoms with van der Waals surface area (Å²) in [4.78, 5) is 14.1. The van der Waals surface area contributed by atoms with E-state index in [1.165, 1.54) is 6.07 Å². The van der Waals surface area contributed by atoms with E-state index in [1.807, 2.05) is 0 Å². The van der Waals surface area contributed by atoms with Crippen molar-refractivity contribution in [3.63, 3.8) is 0 Å². The van der Waals surface area contributed by atoms with Crippen molar-refractivity contribution >= 4 is 15.7 Å². The van der Waals surface area contributed by atoms with Crippen LogP contribution in [0, 0.1) is 0 Å². The number of carbonyl (C=O) groups is 1. The molecular formula is C13H18N2O3S. The fourth-order valence-electron chi connectivity index (χ4n) is 2.21. The van der Waals surface area contributed by atoms with Crippen molar-refractivity contribution in [2.75, 3.05) is 18.8 Å². The molecule has 1 aromatic carbocycles. The first-order valence-electron chi connectivity index (χ1n) is 6.32. The molecule has 0 aliphatic carbocycles. The highest BCUT2D eigenvalue weighted by atomic mass is 32.2. The molecule has 1 aromatic rings. The maximum absolute atomic E-state index is 12.4. The van der Waals surface area contributed by atoms with Crippen LogP contribution in [0.5, 0.6) is 0 Å². The third-order valence-corrected chi connectivity index (χ3v) is 5.13. The topological polar surface area (TPSA) is 80.5 Å². The van der Waals surface area contributed by atoms with Gasteiger partial charge in [0.05, 0.1) is 16.2 Å². The minimum atomic E-state index is -3.40. The molecule has 0 saturated carbocycles. The summed E-state index contributed by atoms with van der Waals surface area (Å²) in [5, 5.41) is 0. The molecule has 19 heavy (non-hydrogen) atoms. The molecular weight excluding hydrogens is 264 g/mol. The zero-order chi connectivity index (χ0) is 14.0. The van der Waals surface area contributed by atoms with Gasteiger partial charge in [0.1, 0.15) is 0 Å². The Morgan fingerprint density at radius 1 is 1.42 bits per heavy atom. The van der Waals surface area contributed by atoms with Crippen LogP contribution in [0.2, 0.25) is 0 Å². The number of benzene rings is 1. The van der Waals surface area contributed by atoms with Crippen LogP contribution in [0.1, 0.15) is 23.7 Å². The van der Waals surface area contributed by atoms with Gasteiger partial charge in [0, 0.05) is 19.1 Å². The van der Waals surface area contributed by atoms with Gasteiger partial charge in [0.25, 0.3) is 5.91 Å². The smallest absolute Gasteiger partial charge is 0.255 e. The summed E-state index contributed by atoms with van der Waals surface area (Å²) in [6, 6.07) is 6.35. The van der Waals surface area contributed by atoms with E-state index < -0.39 is 9.84 Å². The second kappa shape index (κ2) is 5.30. The average molecular weight is 282 g/mol.